The molecule has 0 N–H and O–H groups in total. The molecule has 3 nitrogen and oxygen atoms in total. The second kappa shape index (κ2) is 5.69. The molecular formula is C17H18ClN3S. The molecule has 0 saturated carbocycles. The number of aromatic nitrogens is 2. The first-order valence-electron chi connectivity index (χ1n) is 7.59. The minimum absolute atomic E-state index is 0.537. The SMILES string of the molecule is Cn1c(CN2CCC[C@H]2c2ccsc2)nc2cc(Cl)ccc21. The number of rotatable bonds is 3. The predicted octanol–water partition coefficient (Wildman–Crippen LogP) is 4.63. The lowest BCUT2D eigenvalue weighted by Gasteiger charge is -2.23. The Morgan fingerprint density at radius 2 is 2.27 bits per heavy atom. The molecule has 4 rings (SSSR count). The van der Waals surface area contributed by atoms with Gasteiger partial charge in [-0.2, -0.15) is 11.3 Å². The normalized spacial score (nSPS) is 19.3. The summed E-state index contributed by atoms with van der Waals surface area (Å²) in [6, 6.07) is 8.71. The Labute approximate surface area is 139 Å². The number of nitrogens with zero attached hydrogens (tertiary/aromatic N) is 3. The molecule has 3 heterocycles. The van der Waals surface area contributed by atoms with Gasteiger partial charge in [-0.25, -0.2) is 4.98 Å². The molecule has 0 unspecified atom stereocenters. The van der Waals surface area contributed by atoms with E-state index in [1.54, 1.807) is 11.3 Å². The second-order valence-corrected chi connectivity index (χ2v) is 7.12. The minimum atomic E-state index is 0.537. The van der Waals surface area contributed by atoms with Gasteiger partial charge in [0.25, 0.3) is 0 Å². The maximum absolute atomic E-state index is 6.08. The van der Waals surface area contributed by atoms with Crippen LogP contribution >= 0.6 is 22.9 Å². The quantitative estimate of drug-likeness (QED) is 0.698. The van der Waals surface area contributed by atoms with Crippen molar-refractivity contribution in [1.29, 1.82) is 0 Å². The largest absolute Gasteiger partial charge is 0.330 e. The van der Waals surface area contributed by atoms with E-state index in [4.69, 9.17) is 16.6 Å². The van der Waals surface area contributed by atoms with Crippen molar-refractivity contribution in [3.63, 3.8) is 0 Å². The number of likely N-dealkylation sites (tertiary alicyclic amines) is 1. The molecule has 5 heteroatoms. The van der Waals surface area contributed by atoms with Crippen LogP contribution in [0.2, 0.25) is 5.02 Å². The molecule has 0 radical (unpaired) electrons. The average molecular weight is 332 g/mol. The van der Waals surface area contributed by atoms with Gasteiger partial charge >= 0.3 is 0 Å². The molecule has 114 valence electrons. The van der Waals surface area contributed by atoms with E-state index >= 15 is 0 Å². The van der Waals surface area contributed by atoms with Crippen LogP contribution in [-0.2, 0) is 13.6 Å². The lowest BCUT2D eigenvalue weighted by molar-refractivity contribution is 0.241. The Balaban J connectivity index is 1.64. The lowest BCUT2D eigenvalue weighted by atomic mass is 10.1. The third-order valence-corrected chi connectivity index (χ3v) is 5.51. The molecule has 1 aliphatic rings. The molecule has 1 saturated heterocycles. The standard InChI is InChI=1S/C17H18ClN3S/c1-20-16-5-4-13(18)9-14(16)19-17(20)10-21-7-2-3-15(21)12-6-8-22-11-12/h4-6,8-9,11,15H,2-3,7,10H2,1H3/t15-/m0/s1. The Kier molecular flexibility index (Phi) is 3.68. The highest BCUT2D eigenvalue weighted by molar-refractivity contribution is 7.07. The van der Waals surface area contributed by atoms with Crippen molar-refractivity contribution in [1.82, 2.24) is 14.5 Å². The number of fused-ring (bicyclic) bond motifs is 1. The molecule has 2 aromatic heterocycles. The van der Waals surface area contributed by atoms with Crippen LogP contribution in [0.4, 0.5) is 0 Å². The molecule has 0 amide bonds. The molecule has 1 aliphatic heterocycles. The first-order valence-corrected chi connectivity index (χ1v) is 8.91. The van der Waals surface area contributed by atoms with E-state index in [1.165, 1.54) is 18.4 Å². The van der Waals surface area contributed by atoms with Gasteiger partial charge in [-0.15, -0.1) is 0 Å². The van der Waals surface area contributed by atoms with Crippen molar-refractivity contribution in [2.75, 3.05) is 6.54 Å². The zero-order valence-electron chi connectivity index (χ0n) is 12.5. The Hall–Kier alpha value is -1.36. The molecule has 3 aromatic rings. The van der Waals surface area contributed by atoms with Gasteiger partial charge in [-0.3, -0.25) is 4.90 Å². The van der Waals surface area contributed by atoms with Crippen LogP contribution in [0.5, 0.6) is 0 Å². The van der Waals surface area contributed by atoms with Crippen LogP contribution in [0.25, 0.3) is 11.0 Å². The molecule has 22 heavy (non-hydrogen) atoms. The third kappa shape index (κ3) is 2.45. The fourth-order valence-corrected chi connectivity index (χ4v) is 4.28. The van der Waals surface area contributed by atoms with E-state index in [-0.39, 0.29) is 0 Å². The Morgan fingerprint density at radius 3 is 3.09 bits per heavy atom. The second-order valence-electron chi connectivity index (χ2n) is 5.91. The summed E-state index contributed by atoms with van der Waals surface area (Å²) in [7, 11) is 2.09. The highest BCUT2D eigenvalue weighted by Crippen LogP contribution is 2.34. The van der Waals surface area contributed by atoms with Gasteiger partial charge in [-0.1, -0.05) is 11.6 Å². The Bertz CT molecular complexity index is 794. The van der Waals surface area contributed by atoms with Crippen LogP contribution < -0.4 is 0 Å². The van der Waals surface area contributed by atoms with Crippen molar-refractivity contribution in [2.45, 2.75) is 25.4 Å². The van der Waals surface area contributed by atoms with Gasteiger partial charge in [0.05, 0.1) is 17.6 Å². The fourth-order valence-electron chi connectivity index (χ4n) is 3.40. The fraction of sp³-hybridized carbons (Fsp3) is 0.353. The summed E-state index contributed by atoms with van der Waals surface area (Å²) < 4.78 is 2.19. The van der Waals surface area contributed by atoms with Crippen molar-refractivity contribution in [2.24, 2.45) is 7.05 Å². The smallest absolute Gasteiger partial charge is 0.123 e. The average Bonchev–Trinajstić information content (AvgIpc) is 3.21. The summed E-state index contributed by atoms with van der Waals surface area (Å²) in [5.74, 6) is 1.11. The first kappa shape index (κ1) is 14.2. The van der Waals surface area contributed by atoms with E-state index in [0.717, 1.165) is 35.0 Å². The lowest BCUT2D eigenvalue weighted by Crippen LogP contribution is -2.24. The minimum Gasteiger partial charge on any atom is -0.330 e. The molecule has 0 aliphatic carbocycles. The van der Waals surface area contributed by atoms with E-state index < -0.39 is 0 Å². The number of thiophene rings is 1. The summed E-state index contributed by atoms with van der Waals surface area (Å²) in [6.45, 7) is 2.04. The van der Waals surface area contributed by atoms with E-state index in [0.29, 0.717) is 6.04 Å². The molecular weight excluding hydrogens is 314 g/mol. The van der Waals surface area contributed by atoms with E-state index in [1.807, 2.05) is 12.1 Å². The zero-order chi connectivity index (χ0) is 15.1. The van der Waals surface area contributed by atoms with Gasteiger partial charge in [0.1, 0.15) is 5.82 Å². The summed E-state index contributed by atoms with van der Waals surface area (Å²) in [5, 5.41) is 5.19. The van der Waals surface area contributed by atoms with Crippen molar-refractivity contribution in [3.05, 3.63) is 51.4 Å². The maximum atomic E-state index is 6.08. The highest BCUT2D eigenvalue weighted by Gasteiger charge is 2.27. The predicted molar refractivity (Wildman–Crippen MR) is 92.4 cm³/mol. The van der Waals surface area contributed by atoms with Gasteiger partial charge in [-0.05, 0) is 60.0 Å². The van der Waals surface area contributed by atoms with Gasteiger partial charge in [0.2, 0.25) is 0 Å². The summed E-state index contributed by atoms with van der Waals surface area (Å²) in [4.78, 5) is 7.34. The molecule has 1 atom stereocenters. The first-order chi connectivity index (χ1) is 10.7. The van der Waals surface area contributed by atoms with Crippen LogP contribution in [0.3, 0.4) is 0 Å². The van der Waals surface area contributed by atoms with Crippen LogP contribution in [0, 0.1) is 0 Å². The maximum Gasteiger partial charge on any atom is 0.123 e. The molecule has 1 aromatic carbocycles. The summed E-state index contributed by atoms with van der Waals surface area (Å²) in [5.41, 5.74) is 3.58. The zero-order valence-corrected chi connectivity index (χ0v) is 14.1. The van der Waals surface area contributed by atoms with Crippen LogP contribution in [-0.4, -0.2) is 21.0 Å². The van der Waals surface area contributed by atoms with Gasteiger partial charge < -0.3 is 4.57 Å². The topological polar surface area (TPSA) is 21.1 Å². The van der Waals surface area contributed by atoms with Gasteiger partial charge in [0, 0.05) is 18.1 Å². The van der Waals surface area contributed by atoms with E-state index in [2.05, 4.69) is 39.4 Å². The number of halogens is 1. The van der Waals surface area contributed by atoms with Crippen molar-refractivity contribution in [3.8, 4) is 0 Å². The molecule has 0 spiro atoms. The molecule has 0 bridgehead atoms. The monoisotopic (exact) mass is 331 g/mol. The number of benzene rings is 1. The van der Waals surface area contributed by atoms with Crippen LogP contribution in [0.1, 0.15) is 30.3 Å². The molecule has 1 fully saturated rings. The van der Waals surface area contributed by atoms with Crippen molar-refractivity contribution < 1.29 is 0 Å². The van der Waals surface area contributed by atoms with E-state index in [9.17, 15) is 0 Å². The van der Waals surface area contributed by atoms with Crippen LogP contribution in [0.15, 0.2) is 35.0 Å². The number of hydrogen-bond donors (Lipinski definition) is 0. The van der Waals surface area contributed by atoms with Crippen molar-refractivity contribution >= 4 is 34.0 Å². The third-order valence-electron chi connectivity index (χ3n) is 4.57. The highest BCUT2D eigenvalue weighted by atomic mass is 35.5. The number of imidazole rings is 1. The number of hydrogen-bond acceptors (Lipinski definition) is 3. The Morgan fingerprint density at radius 1 is 1.36 bits per heavy atom. The summed E-state index contributed by atoms with van der Waals surface area (Å²) in [6.07, 6.45) is 2.50. The number of aryl methyl sites for hydroxylation is 1. The summed E-state index contributed by atoms with van der Waals surface area (Å²) >= 11 is 7.86. The van der Waals surface area contributed by atoms with Gasteiger partial charge in [0.15, 0.2) is 0 Å².